The maximum absolute atomic E-state index is 13.4. The van der Waals surface area contributed by atoms with Gasteiger partial charge in [0.15, 0.2) is 5.78 Å². The van der Waals surface area contributed by atoms with Crippen molar-refractivity contribution in [1.82, 2.24) is 4.98 Å². The van der Waals surface area contributed by atoms with Gasteiger partial charge in [-0.3, -0.25) is 4.79 Å². The molecule has 19 heavy (non-hydrogen) atoms. The highest BCUT2D eigenvalue weighted by molar-refractivity contribution is 5.98. The Morgan fingerprint density at radius 2 is 1.84 bits per heavy atom. The predicted molar refractivity (Wildman–Crippen MR) is 63.0 cm³/mol. The van der Waals surface area contributed by atoms with Crippen molar-refractivity contribution in [3.63, 3.8) is 0 Å². The van der Waals surface area contributed by atoms with Crippen molar-refractivity contribution in [3.05, 3.63) is 59.0 Å². The molecular formula is C13H9F3N2O. The summed E-state index contributed by atoms with van der Waals surface area (Å²) in [4.78, 5) is 15.6. The quantitative estimate of drug-likeness (QED) is 0.868. The number of carbonyl (C=O) groups excluding carboxylic acids is 1. The first-order valence-corrected chi connectivity index (χ1v) is 5.36. The molecule has 0 atom stereocenters. The molecule has 1 aromatic carbocycles. The van der Waals surface area contributed by atoms with Crippen LogP contribution >= 0.6 is 0 Å². The highest BCUT2D eigenvalue weighted by Gasteiger charge is 2.19. The highest BCUT2D eigenvalue weighted by atomic mass is 19.1. The average molecular weight is 266 g/mol. The van der Waals surface area contributed by atoms with Gasteiger partial charge in [-0.25, -0.2) is 18.2 Å². The third-order valence-corrected chi connectivity index (χ3v) is 2.56. The number of nitrogens with zero attached hydrogens (tertiary/aromatic N) is 1. The molecule has 0 bridgehead atoms. The Labute approximate surface area is 106 Å². The highest BCUT2D eigenvalue weighted by Crippen LogP contribution is 2.18. The summed E-state index contributed by atoms with van der Waals surface area (Å²) >= 11 is 0. The number of nitrogens with two attached hydrogens (primary N) is 1. The first kappa shape index (κ1) is 13.1. The molecule has 3 nitrogen and oxygen atoms in total. The van der Waals surface area contributed by atoms with Crippen molar-refractivity contribution in [3.8, 4) is 0 Å². The van der Waals surface area contributed by atoms with Crippen LogP contribution in [0.25, 0.3) is 0 Å². The molecule has 0 fully saturated rings. The van der Waals surface area contributed by atoms with Crippen molar-refractivity contribution in [1.29, 1.82) is 0 Å². The minimum absolute atomic E-state index is 0.110. The zero-order chi connectivity index (χ0) is 14.0. The summed E-state index contributed by atoms with van der Waals surface area (Å²) < 4.78 is 39.6. The molecule has 2 rings (SSSR count). The van der Waals surface area contributed by atoms with Crippen LogP contribution in [0.1, 0.15) is 15.9 Å². The van der Waals surface area contributed by atoms with Gasteiger partial charge in [0.05, 0.1) is 5.56 Å². The van der Waals surface area contributed by atoms with Crippen LogP contribution in [0.4, 0.5) is 19.0 Å². The van der Waals surface area contributed by atoms with Gasteiger partial charge < -0.3 is 5.73 Å². The number of anilines is 1. The van der Waals surface area contributed by atoms with Crippen LogP contribution in [-0.2, 0) is 6.42 Å². The summed E-state index contributed by atoms with van der Waals surface area (Å²) in [6, 6.07) is 4.00. The molecule has 0 aliphatic carbocycles. The molecule has 0 radical (unpaired) electrons. The zero-order valence-corrected chi connectivity index (χ0v) is 9.66. The van der Waals surface area contributed by atoms with Crippen molar-refractivity contribution < 1.29 is 18.0 Å². The minimum atomic E-state index is -1.23. The van der Waals surface area contributed by atoms with E-state index in [1.54, 1.807) is 6.07 Å². The summed E-state index contributed by atoms with van der Waals surface area (Å²) in [5.41, 5.74) is 5.12. The van der Waals surface area contributed by atoms with E-state index in [1.165, 1.54) is 12.3 Å². The lowest BCUT2D eigenvalue weighted by Gasteiger charge is -2.06. The van der Waals surface area contributed by atoms with E-state index in [-0.39, 0.29) is 12.2 Å². The Morgan fingerprint density at radius 3 is 2.42 bits per heavy atom. The van der Waals surface area contributed by atoms with Crippen molar-refractivity contribution in [2.45, 2.75) is 6.42 Å². The van der Waals surface area contributed by atoms with Gasteiger partial charge in [0, 0.05) is 30.3 Å². The zero-order valence-electron chi connectivity index (χ0n) is 9.66. The Bertz CT molecular complexity index is 621. The van der Waals surface area contributed by atoms with Gasteiger partial charge in [-0.1, -0.05) is 6.07 Å². The van der Waals surface area contributed by atoms with Crippen molar-refractivity contribution >= 4 is 11.6 Å². The number of rotatable bonds is 3. The number of carbonyl (C=O) groups is 1. The molecule has 1 aromatic heterocycles. The van der Waals surface area contributed by atoms with Gasteiger partial charge >= 0.3 is 0 Å². The fourth-order valence-electron chi connectivity index (χ4n) is 1.67. The third kappa shape index (κ3) is 2.73. The second-order valence-electron chi connectivity index (χ2n) is 3.89. The number of aromatic nitrogens is 1. The van der Waals surface area contributed by atoms with E-state index in [2.05, 4.69) is 4.98 Å². The maximum Gasteiger partial charge on any atom is 0.173 e. The van der Waals surface area contributed by atoms with Gasteiger partial charge in [0.25, 0.3) is 0 Å². The summed E-state index contributed by atoms with van der Waals surface area (Å²) in [7, 11) is 0. The van der Waals surface area contributed by atoms with Crippen LogP contribution in [0.15, 0.2) is 30.5 Å². The van der Waals surface area contributed by atoms with Gasteiger partial charge in [0.2, 0.25) is 0 Å². The number of nitrogen functional groups attached to an aromatic ring is 1. The number of pyridine rings is 1. The molecule has 1 heterocycles. The van der Waals surface area contributed by atoms with Gasteiger partial charge in [0.1, 0.15) is 23.3 Å². The fourth-order valence-corrected chi connectivity index (χ4v) is 1.67. The van der Waals surface area contributed by atoms with E-state index in [1.807, 2.05) is 0 Å². The van der Waals surface area contributed by atoms with E-state index >= 15 is 0 Å². The number of hydrogen-bond acceptors (Lipinski definition) is 3. The largest absolute Gasteiger partial charge is 0.383 e. The molecule has 0 unspecified atom stereocenters. The molecule has 98 valence electrons. The normalized spacial score (nSPS) is 10.5. The van der Waals surface area contributed by atoms with Gasteiger partial charge in [-0.2, -0.15) is 0 Å². The summed E-state index contributed by atoms with van der Waals surface area (Å²) in [6.07, 6.45) is 1.13. The molecule has 0 saturated heterocycles. The van der Waals surface area contributed by atoms with E-state index in [0.29, 0.717) is 17.7 Å². The van der Waals surface area contributed by atoms with E-state index in [9.17, 15) is 18.0 Å². The number of benzene rings is 1. The van der Waals surface area contributed by atoms with E-state index in [0.717, 1.165) is 0 Å². The Balaban J connectivity index is 2.34. The van der Waals surface area contributed by atoms with Crippen molar-refractivity contribution in [2.24, 2.45) is 0 Å². The first-order chi connectivity index (χ1) is 8.99. The molecule has 0 saturated carbocycles. The second-order valence-corrected chi connectivity index (χ2v) is 3.89. The number of Topliss-reactive ketones (excluding diaryl/α,β-unsaturated/α-hetero) is 1. The summed E-state index contributed by atoms with van der Waals surface area (Å²) in [5.74, 6) is -4.25. The topological polar surface area (TPSA) is 56.0 Å². The van der Waals surface area contributed by atoms with E-state index in [4.69, 9.17) is 5.73 Å². The van der Waals surface area contributed by atoms with Crippen molar-refractivity contribution in [2.75, 3.05) is 5.73 Å². The third-order valence-electron chi connectivity index (χ3n) is 2.56. The molecule has 0 aliphatic heterocycles. The number of halogens is 3. The predicted octanol–water partition coefficient (Wildman–Crippen LogP) is 2.51. The van der Waals surface area contributed by atoms with Crippen LogP contribution in [0.5, 0.6) is 0 Å². The molecule has 2 aromatic rings. The first-order valence-electron chi connectivity index (χ1n) is 5.36. The monoisotopic (exact) mass is 266 g/mol. The fraction of sp³-hybridized carbons (Fsp3) is 0.0769. The Hall–Kier alpha value is -2.37. The molecular weight excluding hydrogens is 257 g/mol. The molecule has 0 aliphatic rings. The lowest BCUT2D eigenvalue weighted by atomic mass is 10.0. The Kier molecular flexibility index (Phi) is 3.50. The average Bonchev–Trinajstić information content (AvgIpc) is 2.30. The van der Waals surface area contributed by atoms with Crippen LogP contribution < -0.4 is 5.73 Å². The van der Waals surface area contributed by atoms with E-state index < -0.39 is 28.8 Å². The lowest BCUT2D eigenvalue weighted by Crippen LogP contribution is -2.11. The summed E-state index contributed by atoms with van der Waals surface area (Å²) in [6.45, 7) is 0. The number of hydrogen-bond donors (Lipinski definition) is 1. The number of ketones is 1. The minimum Gasteiger partial charge on any atom is -0.383 e. The van der Waals surface area contributed by atoms with Gasteiger partial charge in [-0.15, -0.1) is 0 Å². The lowest BCUT2D eigenvalue weighted by molar-refractivity contribution is 0.0985. The van der Waals surface area contributed by atoms with Crippen LogP contribution in [0.2, 0.25) is 0 Å². The van der Waals surface area contributed by atoms with Crippen LogP contribution in [-0.4, -0.2) is 10.8 Å². The molecule has 0 spiro atoms. The molecule has 2 N–H and O–H groups in total. The summed E-state index contributed by atoms with van der Waals surface area (Å²) in [5, 5.41) is 0. The second kappa shape index (κ2) is 5.09. The van der Waals surface area contributed by atoms with Crippen LogP contribution in [0, 0.1) is 17.5 Å². The standard InChI is InChI=1S/C13H9F3N2O/c14-8-5-9(15)12(10(16)6-8)11(19)4-7-2-1-3-18-13(7)17/h1-3,5-6H,4H2,(H2,17,18). The molecule has 6 heteroatoms. The SMILES string of the molecule is Nc1ncccc1CC(=O)c1c(F)cc(F)cc1F. The maximum atomic E-state index is 13.4. The van der Waals surface area contributed by atoms with Gasteiger partial charge in [-0.05, 0) is 6.07 Å². The van der Waals surface area contributed by atoms with Crippen LogP contribution in [0.3, 0.4) is 0 Å². The Morgan fingerprint density at radius 1 is 1.21 bits per heavy atom. The molecule has 0 amide bonds. The smallest absolute Gasteiger partial charge is 0.173 e.